The minimum absolute atomic E-state index is 0.128. The molecule has 2 fully saturated rings. The summed E-state index contributed by atoms with van der Waals surface area (Å²) in [5.74, 6) is 1.62. The predicted molar refractivity (Wildman–Crippen MR) is 92.7 cm³/mol. The Labute approximate surface area is 141 Å². The molecule has 1 aromatic heterocycles. The standard InChI is InChI=1S/C19H23N3O2/c23-18(22-10-9-13-5-1-2-6-14(13)12-22)11-17-15-7-3-4-8-16(15)19(24)21-20-17/h3-4,7-8,13-14H,1-2,5-6,9-12H2,(H,21,24). The maximum Gasteiger partial charge on any atom is 0.272 e. The van der Waals surface area contributed by atoms with Crippen LogP contribution in [0.1, 0.15) is 37.8 Å². The van der Waals surface area contributed by atoms with Crippen LogP contribution in [-0.4, -0.2) is 34.1 Å². The molecule has 1 aromatic carbocycles. The first-order valence-corrected chi connectivity index (χ1v) is 8.96. The van der Waals surface area contributed by atoms with E-state index in [2.05, 4.69) is 10.2 Å². The van der Waals surface area contributed by atoms with Gasteiger partial charge in [0.2, 0.25) is 5.91 Å². The number of benzene rings is 1. The number of likely N-dealkylation sites (tertiary alicyclic amines) is 1. The molecule has 4 rings (SSSR count). The fourth-order valence-corrected chi connectivity index (χ4v) is 4.39. The number of nitrogens with one attached hydrogen (secondary N) is 1. The molecule has 5 nitrogen and oxygen atoms in total. The second-order valence-electron chi connectivity index (χ2n) is 7.15. The van der Waals surface area contributed by atoms with Gasteiger partial charge in [0.15, 0.2) is 0 Å². The summed E-state index contributed by atoms with van der Waals surface area (Å²) in [6.07, 6.45) is 6.63. The molecule has 2 atom stereocenters. The molecule has 2 aromatic rings. The van der Waals surface area contributed by atoms with Crippen molar-refractivity contribution < 1.29 is 4.79 Å². The highest BCUT2D eigenvalue weighted by molar-refractivity contribution is 5.88. The molecule has 0 spiro atoms. The fourth-order valence-electron chi connectivity index (χ4n) is 4.39. The van der Waals surface area contributed by atoms with E-state index in [-0.39, 0.29) is 17.9 Å². The van der Waals surface area contributed by atoms with Gasteiger partial charge in [-0.1, -0.05) is 37.5 Å². The zero-order valence-electron chi connectivity index (χ0n) is 13.8. The number of piperidine rings is 1. The summed E-state index contributed by atoms with van der Waals surface area (Å²) in [5, 5.41) is 8.04. The normalized spacial score (nSPS) is 23.9. The molecule has 2 unspecified atom stereocenters. The van der Waals surface area contributed by atoms with Crippen molar-refractivity contribution in [3.05, 3.63) is 40.3 Å². The Kier molecular flexibility index (Phi) is 4.08. The van der Waals surface area contributed by atoms with Crippen LogP contribution in [0.25, 0.3) is 10.8 Å². The van der Waals surface area contributed by atoms with Gasteiger partial charge < -0.3 is 4.90 Å². The lowest BCUT2D eigenvalue weighted by Gasteiger charge is -2.41. The molecule has 2 heterocycles. The monoisotopic (exact) mass is 325 g/mol. The number of aromatic nitrogens is 2. The minimum Gasteiger partial charge on any atom is -0.342 e. The average molecular weight is 325 g/mol. The molecule has 1 saturated heterocycles. The molecule has 0 bridgehead atoms. The molecule has 0 radical (unpaired) electrons. The number of hydrogen-bond donors (Lipinski definition) is 1. The fraction of sp³-hybridized carbons (Fsp3) is 0.526. The number of nitrogens with zero attached hydrogens (tertiary/aromatic N) is 2. The Morgan fingerprint density at radius 3 is 2.71 bits per heavy atom. The lowest BCUT2D eigenvalue weighted by molar-refractivity contribution is -0.133. The molecule has 24 heavy (non-hydrogen) atoms. The first kappa shape index (κ1) is 15.4. The average Bonchev–Trinajstić information content (AvgIpc) is 2.64. The number of carbonyl (C=O) groups is 1. The maximum absolute atomic E-state index is 12.8. The highest BCUT2D eigenvalue weighted by Crippen LogP contribution is 2.36. The van der Waals surface area contributed by atoms with E-state index >= 15 is 0 Å². The topological polar surface area (TPSA) is 66.1 Å². The summed E-state index contributed by atoms with van der Waals surface area (Å²) in [7, 11) is 0. The van der Waals surface area contributed by atoms with Crippen molar-refractivity contribution in [2.45, 2.75) is 38.5 Å². The Balaban J connectivity index is 1.52. The number of aromatic amines is 1. The van der Waals surface area contributed by atoms with Crippen molar-refractivity contribution in [2.24, 2.45) is 11.8 Å². The van der Waals surface area contributed by atoms with Gasteiger partial charge in [-0.05, 0) is 30.7 Å². The number of fused-ring (bicyclic) bond motifs is 2. The first-order chi connectivity index (χ1) is 11.7. The molecule has 1 N–H and O–H groups in total. The first-order valence-electron chi connectivity index (χ1n) is 8.96. The van der Waals surface area contributed by atoms with Crippen LogP contribution < -0.4 is 5.56 Å². The summed E-state index contributed by atoms with van der Waals surface area (Å²) < 4.78 is 0. The number of amides is 1. The zero-order chi connectivity index (χ0) is 16.5. The summed E-state index contributed by atoms with van der Waals surface area (Å²) in [4.78, 5) is 26.6. The van der Waals surface area contributed by atoms with Crippen molar-refractivity contribution in [2.75, 3.05) is 13.1 Å². The lowest BCUT2D eigenvalue weighted by atomic mass is 9.75. The van der Waals surface area contributed by atoms with Crippen LogP contribution in [0, 0.1) is 11.8 Å². The third-order valence-corrected chi connectivity index (χ3v) is 5.74. The van der Waals surface area contributed by atoms with Gasteiger partial charge in [0, 0.05) is 18.5 Å². The quantitative estimate of drug-likeness (QED) is 0.922. The van der Waals surface area contributed by atoms with Gasteiger partial charge in [0.1, 0.15) is 0 Å². The van der Waals surface area contributed by atoms with Gasteiger partial charge in [0.25, 0.3) is 5.56 Å². The number of carbonyl (C=O) groups excluding carboxylic acids is 1. The second kappa shape index (κ2) is 6.38. The number of hydrogen-bond acceptors (Lipinski definition) is 3. The zero-order valence-corrected chi connectivity index (χ0v) is 13.8. The number of H-pyrrole nitrogens is 1. The van der Waals surface area contributed by atoms with Crippen LogP contribution >= 0.6 is 0 Å². The second-order valence-corrected chi connectivity index (χ2v) is 7.15. The van der Waals surface area contributed by atoms with Gasteiger partial charge in [-0.25, -0.2) is 5.10 Å². The molecule has 5 heteroatoms. The Morgan fingerprint density at radius 2 is 1.88 bits per heavy atom. The van der Waals surface area contributed by atoms with Crippen molar-refractivity contribution >= 4 is 16.7 Å². The van der Waals surface area contributed by atoms with Crippen molar-refractivity contribution in [1.82, 2.24) is 15.1 Å². The summed E-state index contributed by atoms with van der Waals surface area (Å²) in [5.41, 5.74) is 0.464. The van der Waals surface area contributed by atoms with Crippen LogP contribution in [0.4, 0.5) is 0 Å². The molecule has 126 valence electrons. The third kappa shape index (κ3) is 2.83. The maximum atomic E-state index is 12.8. The molecule has 1 aliphatic heterocycles. The van der Waals surface area contributed by atoms with Crippen LogP contribution in [0.5, 0.6) is 0 Å². The van der Waals surface area contributed by atoms with Gasteiger partial charge in [-0.2, -0.15) is 5.10 Å². The molecule has 1 aliphatic carbocycles. The Hall–Kier alpha value is -2.17. The summed E-state index contributed by atoms with van der Waals surface area (Å²) >= 11 is 0. The minimum atomic E-state index is -0.204. The van der Waals surface area contributed by atoms with E-state index in [0.717, 1.165) is 30.8 Å². The van der Waals surface area contributed by atoms with E-state index < -0.39 is 0 Å². The summed E-state index contributed by atoms with van der Waals surface area (Å²) in [6.45, 7) is 1.76. The largest absolute Gasteiger partial charge is 0.342 e. The van der Waals surface area contributed by atoms with E-state index in [9.17, 15) is 9.59 Å². The number of rotatable bonds is 2. The van der Waals surface area contributed by atoms with Crippen molar-refractivity contribution in [1.29, 1.82) is 0 Å². The summed E-state index contributed by atoms with van der Waals surface area (Å²) in [6, 6.07) is 7.35. The van der Waals surface area contributed by atoms with Crippen LogP contribution in [0.3, 0.4) is 0 Å². The van der Waals surface area contributed by atoms with Gasteiger partial charge in [-0.15, -0.1) is 0 Å². The highest BCUT2D eigenvalue weighted by atomic mass is 16.2. The van der Waals surface area contributed by atoms with Gasteiger partial charge >= 0.3 is 0 Å². The SMILES string of the molecule is O=C(Cc1n[nH]c(=O)c2ccccc12)N1CCC2CCCCC2C1. The van der Waals surface area contributed by atoms with E-state index in [4.69, 9.17) is 0 Å². The Morgan fingerprint density at radius 1 is 1.12 bits per heavy atom. The van der Waals surface area contributed by atoms with Crippen molar-refractivity contribution in [3.8, 4) is 0 Å². The molecule has 1 amide bonds. The predicted octanol–water partition coefficient (Wildman–Crippen LogP) is 2.50. The van der Waals surface area contributed by atoms with Crippen LogP contribution in [-0.2, 0) is 11.2 Å². The molecular weight excluding hydrogens is 302 g/mol. The van der Waals surface area contributed by atoms with Gasteiger partial charge in [0.05, 0.1) is 17.5 Å². The van der Waals surface area contributed by atoms with Gasteiger partial charge in [-0.3, -0.25) is 9.59 Å². The smallest absolute Gasteiger partial charge is 0.272 e. The lowest BCUT2D eigenvalue weighted by Crippen LogP contribution is -2.45. The molecular formula is C19H23N3O2. The Bertz CT molecular complexity index is 814. The third-order valence-electron chi connectivity index (χ3n) is 5.74. The van der Waals surface area contributed by atoms with Crippen molar-refractivity contribution in [3.63, 3.8) is 0 Å². The highest BCUT2D eigenvalue weighted by Gasteiger charge is 2.33. The van der Waals surface area contributed by atoms with E-state index in [1.54, 1.807) is 6.07 Å². The van der Waals surface area contributed by atoms with Crippen LogP contribution in [0.2, 0.25) is 0 Å². The van der Waals surface area contributed by atoms with E-state index in [0.29, 0.717) is 17.0 Å². The van der Waals surface area contributed by atoms with E-state index in [1.165, 1.54) is 25.7 Å². The molecule has 2 aliphatic rings. The van der Waals surface area contributed by atoms with E-state index in [1.807, 2.05) is 23.1 Å². The van der Waals surface area contributed by atoms with Crippen LogP contribution in [0.15, 0.2) is 29.1 Å². The molecule has 1 saturated carbocycles.